The van der Waals surface area contributed by atoms with E-state index in [1.807, 2.05) is 0 Å². The second kappa shape index (κ2) is 7.87. The summed E-state index contributed by atoms with van der Waals surface area (Å²) in [6.07, 6.45) is 0. The van der Waals surface area contributed by atoms with Crippen LogP contribution in [0.3, 0.4) is 0 Å². The van der Waals surface area contributed by atoms with Gasteiger partial charge in [0.1, 0.15) is 5.75 Å². The van der Waals surface area contributed by atoms with Crippen LogP contribution >= 0.6 is 0 Å². The average Bonchev–Trinajstić information content (AvgIpc) is 2.66. The molecule has 9 heteroatoms. The lowest BCUT2D eigenvalue weighted by atomic mass is 10.2. The lowest BCUT2D eigenvalue weighted by Crippen LogP contribution is -2.20. The first kappa shape index (κ1) is 19.3. The van der Waals surface area contributed by atoms with Gasteiger partial charge in [0, 0.05) is 12.7 Å². The summed E-state index contributed by atoms with van der Waals surface area (Å²) in [7, 11) is 0.134. The highest BCUT2D eigenvalue weighted by atomic mass is 32.2. The number of esters is 1. The molecule has 0 heterocycles. The van der Waals surface area contributed by atoms with Gasteiger partial charge in [-0.25, -0.2) is 13.2 Å². The molecule has 0 atom stereocenters. The van der Waals surface area contributed by atoms with Crippen molar-refractivity contribution in [2.45, 2.75) is 4.90 Å². The summed E-state index contributed by atoms with van der Waals surface area (Å²) in [5.74, 6) is -0.739. The van der Waals surface area contributed by atoms with Crippen molar-refractivity contribution in [2.75, 3.05) is 26.0 Å². The van der Waals surface area contributed by atoms with Crippen molar-refractivity contribution < 1.29 is 27.5 Å². The van der Waals surface area contributed by atoms with E-state index in [0.717, 1.165) is 0 Å². The van der Waals surface area contributed by atoms with Crippen molar-refractivity contribution >= 4 is 27.6 Å². The molecule has 0 bridgehead atoms. The zero-order chi connectivity index (χ0) is 19.3. The Morgan fingerprint density at radius 1 is 1.00 bits per heavy atom. The third-order valence-corrected chi connectivity index (χ3v) is 4.89. The van der Waals surface area contributed by atoms with Gasteiger partial charge in [0.05, 0.1) is 30.2 Å². The summed E-state index contributed by atoms with van der Waals surface area (Å²) in [5, 5.41) is 2.43. The van der Waals surface area contributed by atoms with E-state index >= 15 is 0 Å². The molecule has 0 saturated heterocycles. The van der Waals surface area contributed by atoms with Crippen molar-refractivity contribution in [3.05, 3.63) is 53.6 Å². The zero-order valence-electron chi connectivity index (χ0n) is 14.4. The Kier molecular flexibility index (Phi) is 5.83. The molecular formula is C17H18N2O6S. The fourth-order valence-electron chi connectivity index (χ4n) is 2.17. The van der Waals surface area contributed by atoms with Crippen molar-refractivity contribution in [3.63, 3.8) is 0 Å². The van der Waals surface area contributed by atoms with Crippen LogP contribution in [0.15, 0.2) is 47.4 Å². The van der Waals surface area contributed by atoms with Gasteiger partial charge in [0.2, 0.25) is 0 Å². The summed E-state index contributed by atoms with van der Waals surface area (Å²) in [5.41, 5.74) is 0.649. The summed E-state index contributed by atoms with van der Waals surface area (Å²) in [4.78, 5) is 23.2. The van der Waals surface area contributed by atoms with E-state index in [1.54, 1.807) is 0 Å². The Labute approximate surface area is 151 Å². The number of nitrogens with one attached hydrogen (secondary N) is 2. The van der Waals surface area contributed by atoms with Crippen molar-refractivity contribution in [3.8, 4) is 5.75 Å². The van der Waals surface area contributed by atoms with Gasteiger partial charge in [-0.3, -0.25) is 9.52 Å². The molecule has 8 nitrogen and oxygen atoms in total. The quantitative estimate of drug-likeness (QED) is 0.740. The Balaban J connectivity index is 2.32. The Hall–Kier alpha value is -3.07. The van der Waals surface area contributed by atoms with Crippen LogP contribution in [-0.2, 0) is 14.8 Å². The molecule has 2 aromatic rings. The number of amides is 1. The first-order valence-electron chi connectivity index (χ1n) is 7.43. The van der Waals surface area contributed by atoms with Crippen molar-refractivity contribution in [1.82, 2.24) is 5.32 Å². The van der Waals surface area contributed by atoms with E-state index < -0.39 is 21.9 Å². The average molecular weight is 378 g/mol. The number of benzene rings is 2. The number of carbonyl (C=O) groups is 2. The van der Waals surface area contributed by atoms with Gasteiger partial charge < -0.3 is 14.8 Å². The molecule has 0 spiro atoms. The predicted octanol–water partition coefficient (Wildman–Crippen LogP) is 1.64. The highest BCUT2D eigenvalue weighted by Crippen LogP contribution is 2.24. The standard InChI is InChI=1S/C17H18N2O6S/c1-18-16(20)14-10-13(8-9-15(14)24-2)26(22,23)19-12-6-4-11(5-7-12)17(21)25-3/h4-10,19H,1-3H3,(H,18,20). The monoisotopic (exact) mass is 378 g/mol. The molecule has 0 aromatic heterocycles. The van der Waals surface area contributed by atoms with Crippen molar-refractivity contribution in [1.29, 1.82) is 0 Å². The van der Waals surface area contributed by atoms with Gasteiger partial charge in [0.25, 0.3) is 15.9 Å². The maximum atomic E-state index is 12.6. The molecule has 0 fully saturated rings. The van der Waals surface area contributed by atoms with Gasteiger partial charge in [-0.2, -0.15) is 0 Å². The SMILES string of the molecule is CNC(=O)c1cc(S(=O)(=O)Nc2ccc(C(=O)OC)cc2)ccc1OC. The van der Waals surface area contributed by atoms with Gasteiger partial charge in [-0.15, -0.1) is 0 Å². The molecule has 2 N–H and O–H groups in total. The highest BCUT2D eigenvalue weighted by molar-refractivity contribution is 7.92. The molecule has 26 heavy (non-hydrogen) atoms. The second-order valence-corrected chi connectivity index (χ2v) is 6.80. The van der Waals surface area contributed by atoms with Crippen LogP contribution in [0.25, 0.3) is 0 Å². The van der Waals surface area contributed by atoms with E-state index in [1.165, 1.54) is 63.7 Å². The molecule has 2 rings (SSSR count). The van der Waals surface area contributed by atoms with Gasteiger partial charge in [-0.05, 0) is 42.5 Å². The molecule has 0 saturated carbocycles. The number of methoxy groups -OCH3 is 2. The number of rotatable bonds is 6. The minimum atomic E-state index is -3.94. The fourth-order valence-corrected chi connectivity index (χ4v) is 3.26. The van der Waals surface area contributed by atoms with E-state index in [-0.39, 0.29) is 21.9 Å². The molecule has 2 aromatic carbocycles. The summed E-state index contributed by atoms with van der Waals surface area (Å²) in [6.45, 7) is 0. The third kappa shape index (κ3) is 4.12. The molecule has 138 valence electrons. The predicted molar refractivity (Wildman–Crippen MR) is 95.0 cm³/mol. The number of sulfonamides is 1. The van der Waals surface area contributed by atoms with Gasteiger partial charge in [0.15, 0.2) is 0 Å². The maximum Gasteiger partial charge on any atom is 0.337 e. The van der Waals surface area contributed by atoms with E-state index in [2.05, 4.69) is 14.8 Å². The Bertz CT molecular complexity index is 923. The number of carbonyl (C=O) groups excluding carboxylic acids is 2. The molecule has 0 radical (unpaired) electrons. The normalized spacial score (nSPS) is 10.7. The van der Waals surface area contributed by atoms with Gasteiger partial charge >= 0.3 is 5.97 Å². The molecule has 0 aliphatic rings. The maximum absolute atomic E-state index is 12.6. The summed E-state index contributed by atoms with van der Waals surface area (Å²) >= 11 is 0. The largest absolute Gasteiger partial charge is 0.496 e. The minimum Gasteiger partial charge on any atom is -0.496 e. The van der Waals surface area contributed by atoms with Crippen LogP contribution < -0.4 is 14.8 Å². The first-order chi connectivity index (χ1) is 12.3. The summed E-state index contributed by atoms with van der Waals surface area (Å²) < 4.78 is 37.2. The van der Waals surface area contributed by atoms with Crippen LogP contribution in [0.5, 0.6) is 5.75 Å². The fraction of sp³-hybridized carbons (Fsp3) is 0.176. The molecule has 1 amide bonds. The lowest BCUT2D eigenvalue weighted by Gasteiger charge is -2.12. The van der Waals surface area contributed by atoms with Gasteiger partial charge in [-0.1, -0.05) is 0 Å². The molecule has 0 aliphatic carbocycles. The topological polar surface area (TPSA) is 111 Å². The lowest BCUT2D eigenvalue weighted by molar-refractivity contribution is 0.0600. The zero-order valence-corrected chi connectivity index (χ0v) is 15.2. The first-order valence-corrected chi connectivity index (χ1v) is 8.92. The van der Waals surface area contributed by atoms with Crippen LogP contribution in [0.1, 0.15) is 20.7 Å². The van der Waals surface area contributed by atoms with Crippen LogP contribution in [0.4, 0.5) is 5.69 Å². The van der Waals surface area contributed by atoms with Crippen LogP contribution in [-0.4, -0.2) is 41.6 Å². The van der Waals surface area contributed by atoms with Crippen LogP contribution in [0.2, 0.25) is 0 Å². The van der Waals surface area contributed by atoms with Crippen LogP contribution in [0, 0.1) is 0 Å². The number of ether oxygens (including phenoxy) is 2. The molecule has 0 unspecified atom stereocenters. The van der Waals surface area contributed by atoms with Crippen molar-refractivity contribution in [2.24, 2.45) is 0 Å². The molecular weight excluding hydrogens is 360 g/mol. The number of hydrogen-bond acceptors (Lipinski definition) is 6. The molecule has 0 aliphatic heterocycles. The minimum absolute atomic E-state index is 0.0962. The second-order valence-electron chi connectivity index (χ2n) is 5.12. The van der Waals surface area contributed by atoms with E-state index in [0.29, 0.717) is 5.56 Å². The summed E-state index contributed by atoms with van der Waals surface area (Å²) in [6, 6.07) is 9.71. The van der Waals surface area contributed by atoms with E-state index in [9.17, 15) is 18.0 Å². The number of anilines is 1. The number of hydrogen-bond donors (Lipinski definition) is 2. The third-order valence-electron chi connectivity index (χ3n) is 3.51. The Morgan fingerprint density at radius 3 is 2.19 bits per heavy atom. The smallest absolute Gasteiger partial charge is 0.337 e. The van der Waals surface area contributed by atoms with E-state index in [4.69, 9.17) is 4.74 Å². The highest BCUT2D eigenvalue weighted by Gasteiger charge is 2.19. The Morgan fingerprint density at radius 2 is 1.65 bits per heavy atom.